The Morgan fingerprint density at radius 2 is 1.81 bits per heavy atom. The van der Waals surface area contributed by atoms with E-state index in [1.165, 1.54) is 5.56 Å². The normalized spacial score (nSPS) is 12.6. The van der Waals surface area contributed by atoms with Crippen LogP contribution < -0.4 is 0 Å². The first-order chi connectivity index (χ1) is 7.86. The highest BCUT2D eigenvalue weighted by Crippen LogP contribution is 2.07. The Morgan fingerprint density at radius 3 is 2.44 bits per heavy atom. The predicted octanol–water partition coefficient (Wildman–Crippen LogP) is 3.76. The van der Waals surface area contributed by atoms with Crippen molar-refractivity contribution >= 4 is 0 Å². The summed E-state index contributed by atoms with van der Waals surface area (Å²) in [6, 6.07) is 10.2. The topological polar surface area (TPSA) is 18.5 Å². The summed E-state index contributed by atoms with van der Waals surface area (Å²) in [5.74, 6) is 0. The number of hydrogen-bond donors (Lipinski definition) is 0. The van der Waals surface area contributed by atoms with Crippen molar-refractivity contribution in [2.45, 2.75) is 46.0 Å². The molecule has 1 unspecified atom stereocenters. The third-order valence-corrected chi connectivity index (χ3v) is 2.41. The Hall–Kier alpha value is -0.860. The summed E-state index contributed by atoms with van der Waals surface area (Å²) >= 11 is 0. The molecule has 1 aromatic carbocycles. The van der Waals surface area contributed by atoms with E-state index in [4.69, 9.17) is 9.47 Å². The first-order valence-electron chi connectivity index (χ1n) is 6.14. The highest BCUT2D eigenvalue weighted by Gasteiger charge is 2.06. The molecule has 0 heterocycles. The van der Waals surface area contributed by atoms with Crippen LogP contribution >= 0.6 is 0 Å². The van der Waals surface area contributed by atoms with E-state index in [-0.39, 0.29) is 6.29 Å². The monoisotopic (exact) mass is 222 g/mol. The lowest BCUT2D eigenvalue weighted by atomic mass is 10.2. The zero-order chi connectivity index (χ0) is 11.6. The molecule has 0 saturated carbocycles. The molecule has 0 aliphatic carbocycles. The maximum Gasteiger partial charge on any atom is 0.157 e. The number of unbranched alkanes of at least 4 members (excludes halogenated alkanes) is 1. The molecule has 1 rings (SSSR count). The fourth-order valence-electron chi connectivity index (χ4n) is 1.41. The zero-order valence-corrected chi connectivity index (χ0v) is 10.3. The van der Waals surface area contributed by atoms with Crippen LogP contribution in [-0.4, -0.2) is 12.9 Å². The molecule has 2 nitrogen and oxygen atoms in total. The molecule has 0 aliphatic heterocycles. The molecule has 0 spiro atoms. The second kappa shape index (κ2) is 8.31. The van der Waals surface area contributed by atoms with Gasteiger partial charge in [0.05, 0.1) is 6.61 Å². The molecule has 0 bridgehead atoms. The molecular weight excluding hydrogens is 200 g/mol. The number of benzene rings is 1. The average molecular weight is 222 g/mol. The first-order valence-corrected chi connectivity index (χ1v) is 6.14. The van der Waals surface area contributed by atoms with Crippen LogP contribution in [0.5, 0.6) is 0 Å². The van der Waals surface area contributed by atoms with Gasteiger partial charge in [-0.2, -0.15) is 0 Å². The van der Waals surface area contributed by atoms with Gasteiger partial charge in [0.15, 0.2) is 6.29 Å². The predicted molar refractivity (Wildman–Crippen MR) is 66.2 cm³/mol. The van der Waals surface area contributed by atoms with Crippen molar-refractivity contribution in [2.24, 2.45) is 0 Å². The third-order valence-electron chi connectivity index (χ3n) is 2.41. The van der Waals surface area contributed by atoms with Gasteiger partial charge in [-0.1, -0.05) is 50.6 Å². The van der Waals surface area contributed by atoms with Crippen LogP contribution in [0.1, 0.15) is 38.7 Å². The van der Waals surface area contributed by atoms with Crippen molar-refractivity contribution in [1.82, 2.24) is 0 Å². The first kappa shape index (κ1) is 13.2. The van der Waals surface area contributed by atoms with Crippen LogP contribution in [0.25, 0.3) is 0 Å². The summed E-state index contributed by atoms with van der Waals surface area (Å²) in [6.45, 7) is 5.67. The SMILES string of the molecule is CCCCOC(CC)OCc1ccccc1. The maximum atomic E-state index is 5.70. The summed E-state index contributed by atoms with van der Waals surface area (Å²) in [4.78, 5) is 0. The second-order valence-corrected chi connectivity index (χ2v) is 3.86. The van der Waals surface area contributed by atoms with Crippen LogP contribution in [0.3, 0.4) is 0 Å². The molecule has 16 heavy (non-hydrogen) atoms. The van der Waals surface area contributed by atoms with Gasteiger partial charge in [0, 0.05) is 6.61 Å². The van der Waals surface area contributed by atoms with Crippen LogP contribution in [0, 0.1) is 0 Å². The van der Waals surface area contributed by atoms with Crippen molar-refractivity contribution in [3.8, 4) is 0 Å². The minimum atomic E-state index is -0.0632. The molecule has 1 atom stereocenters. The fourth-order valence-corrected chi connectivity index (χ4v) is 1.41. The summed E-state index contributed by atoms with van der Waals surface area (Å²) in [6.07, 6.45) is 3.10. The highest BCUT2D eigenvalue weighted by molar-refractivity contribution is 5.13. The van der Waals surface area contributed by atoms with Crippen molar-refractivity contribution in [1.29, 1.82) is 0 Å². The quantitative estimate of drug-likeness (QED) is 0.492. The molecule has 0 amide bonds. The minimum Gasteiger partial charge on any atom is -0.353 e. The largest absolute Gasteiger partial charge is 0.353 e. The molecule has 0 N–H and O–H groups in total. The molecule has 0 radical (unpaired) electrons. The van der Waals surface area contributed by atoms with Crippen LogP contribution in [0.4, 0.5) is 0 Å². The van der Waals surface area contributed by atoms with Crippen LogP contribution in [-0.2, 0) is 16.1 Å². The molecular formula is C14H22O2. The Kier molecular flexibility index (Phi) is 6.86. The number of hydrogen-bond acceptors (Lipinski definition) is 2. The van der Waals surface area contributed by atoms with E-state index in [2.05, 4.69) is 26.0 Å². The Morgan fingerprint density at radius 1 is 1.06 bits per heavy atom. The van der Waals surface area contributed by atoms with Crippen molar-refractivity contribution in [3.05, 3.63) is 35.9 Å². The smallest absolute Gasteiger partial charge is 0.157 e. The van der Waals surface area contributed by atoms with Crippen molar-refractivity contribution in [3.63, 3.8) is 0 Å². The minimum absolute atomic E-state index is 0.0632. The molecule has 0 aromatic heterocycles. The summed E-state index contributed by atoms with van der Waals surface area (Å²) in [5.41, 5.74) is 1.19. The van der Waals surface area contributed by atoms with E-state index in [0.29, 0.717) is 6.61 Å². The molecule has 2 heteroatoms. The van der Waals surface area contributed by atoms with E-state index in [1.807, 2.05) is 18.2 Å². The second-order valence-electron chi connectivity index (χ2n) is 3.86. The van der Waals surface area contributed by atoms with Gasteiger partial charge in [-0.3, -0.25) is 0 Å². The zero-order valence-electron chi connectivity index (χ0n) is 10.3. The fraction of sp³-hybridized carbons (Fsp3) is 0.571. The molecule has 0 fully saturated rings. The van der Waals surface area contributed by atoms with E-state index >= 15 is 0 Å². The van der Waals surface area contributed by atoms with Crippen LogP contribution in [0.15, 0.2) is 30.3 Å². The van der Waals surface area contributed by atoms with Crippen LogP contribution in [0.2, 0.25) is 0 Å². The molecule has 0 saturated heterocycles. The van der Waals surface area contributed by atoms with E-state index in [0.717, 1.165) is 25.9 Å². The maximum absolute atomic E-state index is 5.70. The van der Waals surface area contributed by atoms with Gasteiger partial charge in [0.25, 0.3) is 0 Å². The Labute approximate surface area is 98.6 Å². The lowest BCUT2D eigenvalue weighted by molar-refractivity contribution is -0.151. The van der Waals surface area contributed by atoms with Gasteiger partial charge < -0.3 is 9.47 Å². The van der Waals surface area contributed by atoms with Gasteiger partial charge in [-0.25, -0.2) is 0 Å². The summed E-state index contributed by atoms with van der Waals surface area (Å²) in [7, 11) is 0. The summed E-state index contributed by atoms with van der Waals surface area (Å²) in [5, 5.41) is 0. The van der Waals surface area contributed by atoms with Gasteiger partial charge >= 0.3 is 0 Å². The Balaban J connectivity index is 2.23. The van der Waals surface area contributed by atoms with E-state index in [9.17, 15) is 0 Å². The third kappa shape index (κ3) is 5.29. The number of ether oxygens (including phenoxy) is 2. The molecule has 90 valence electrons. The van der Waals surface area contributed by atoms with Gasteiger partial charge in [0.1, 0.15) is 0 Å². The molecule has 0 aliphatic rings. The average Bonchev–Trinajstić information content (AvgIpc) is 2.35. The Bertz CT molecular complexity index is 259. The standard InChI is InChI=1S/C14H22O2/c1-3-5-11-15-14(4-2)16-12-13-9-7-6-8-10-13/h6-10,14H,3-5,11-12H2,1-2H3. The van der Waals surface area contributed by atoms with Crippen molar-refractivity contribution in [2.75, 3.05) is 6.61 Å². The highest BCUT2D eigenvalue weighted by atomic mass is 16.7. The van der Waals surface area contributed by atoms with Crippen molar-refractivity contribution < 1.29 is 9.47 Å². The van der Waals surface area contributed by atoms with Gasteiger partial charge in [0.2, 0.25) is 0 Å². The summed E-state index contributed by atoms with van der Waals surface area (Å²) < 4.78 is 11.3. The lowest BCUT2D eigenvalue weighted by Crippen LogP contribution is -2.16. The van der Waals surface area contributed by atoms with E-state index < -0.39 is 0 Å². The van der Waals surface area contributed by atoms with Gasteiger partial charge in [-0.15, -0.1) is 0 Å². The van der Waals surface area contributed by atoms with E-state index in [1.54, 1.807) is 0 Å². The number of rotatable bonds is 8. The van der Waals surface area contributed by atoms with Gasteiger partial charge in [-0.05, 0) is 18.4 Å². The molecule has 1 aromatic rings. The lowest BCUT2D eigenvalue weighted by Gasteiger charge is -2.16.